The van der Waals surface area contributed by atoms with Gasteiger partial charge in [0.05, 0.1) is 0 Å². The Bertz CT molecular complexity index is 379. The van der Waals surface area contributed by atoms with Gasteiger partial charge in [-0.05, 0) is 37.1 Å². The standard InChI is InChI=1S/C13H14O2/c1-10-9-11(14)7-8-13(10)15-12-5-3-2-4-6-12/h2-6,9,13H,7-8H2,1H3. The molecule has 0 spiro atoms. The van der Waals surface area contributed by atoms with Gasteiger partial charge in [0.2, 0.25) is 0 Å². The normalized spacial score (nSPS) is 21.0. The van der Waals surface area contributed by atoms with Gasteiger partial charge in [-0.2, -0.15) is 0 Å². The fraction of sp³-hybridized carbons (Fsp3) is 0.308. The number of rotatable bonds is 2. The van der Waals surface area contributed by atoms with Crippen LogP contribution in [0.1, 0.15) is 19.8 Å². The van der Waals surface area contributed by atoms with Gasteiger partial charge in [-0.1, -0.05) is 18.2 Å². The first-order valence-corrected chi connectivity index (χ1v) is 5.18. The molecular weight excluding hydrogens is 188 g/mol. The second-order valence-electron chi connectivity index (χ2n) is 3.81. The molecule has 0 heterocycles. The maximum atomic E-state index is 11.1. The predicted molar refractivity (Wildman–Crippen MR) is 58.9 cm³/mol. The van der Waals surface area contributed by atoms with Crippen LogP contribution in [0.15, 0.2) is 42.0 Å². The zero-order valence-electron chi connectivity index (χ0n) is 8.77. The molecule has 2 heteroatoms. The van der Waals surface area contributed by atoms with Crippen molar-refractivity contribution in [2.45, 2.75) is 25.9 Å². The van der Waals surface area contributed by atoms with Crippen molar-refractivity contribution in [3.63, 3.8) is 0 Å². The number of para-hydroxylation sites is 1. The van der Waals surface area contributed by atoms with Crippen molar-refractivity contribution in [3.8, 4) is 5.75 Å². The van der Waals surface area contributed by atoms with Gasteiger partial charge in [-0.3, -0.25) is 4.79 Å². The van der Waals surface area contributed by atoms with Gasteiger partial charge in [-0.15, -0.1) is 0 Å². The average Bonchev–Trinajstić information content (AvgIpc) is 2.24. The summed E-state index contributed by atoms with van der Waals surface area (Å²) in [7, 11) is 0. The van der Waals surface area contributed by atoms with Crippen molar-refractivity contribution in [2.75, 3.05) is 0 Å². The van der Waals surface area contributed by atoms with E-state index in [-0.39, 0.29) is 11.9 Å². The van der Waals surface area contributed by atoms with E-state index in [1.165, 1.54) is 0 Å². The van der Waals surface area contributed by atoms with Crippen LogP contribution in [0, 0.1) is 0 Å². The van der Waals surface area contributed by atoms with E-state index in [4.69, 9.17) is 4.74 Å². The maximum absolute atomic E-state index is 11.1. The minimum Gasteiger partial charge on any atom is -0.486 e. The average molecular weight is 202 g/mol. The third-order valence-corrected chi connectivity index (χ3v) is 2.57. The molecule has 0 N–H and O–H groups in total. The van der Waals surface area contributed by atoms with E-state index < -0.39 is 0 Å². The van der Waals surface area contributed by atoms with Gasteiger partial charge in [0, 0.05) is 6.42 Å². The number of allylic oxidation sites excluding steroid dienone is 1. The number of ketones is 1. The quantitative estimate of drug-likeness (QED) is 0.737. The molecule has 2 rings (SSSR count). The fourth-order valence-electron chi connectivity index (χ4n) is 1.74. The highest BCUT2D eigenvalue weighted by Gasteiger charge is 2.19. The summed E-state index contributed by atoms with van der Waals surface area (Å²) in [6.45, 7) is 1.95. The number of carbonyl (C=O) groups excluding carboxylic acids is 1. The molecule has 1 atom stereocenters. The Morgan fingerprint density at radius 2 is 2.00 bits per heavy atom. The van der Waals surface area contributed by atoms with Crippen molar-refractivity contribution >= 4 is 5.78 Å². The van der Waals surface area contributed by atoms with Gasteiger partial charge in [-0.25, -0.2) is 0 Å². The van der Waals surface area contributed by atoms with Crippen LogP contribution in [0.2, 0.25) is 0 Å². The number of ether oxygens (including phenoxy) is 1. The molecule has 0 saturated carbocycles. The molecule has 15 heavy (non-hydrogen) atoms. The molecule has 1 aliphatic rings. The predicted octanol–water partition coefficient (Wildman–Crippen LogP) is 2.74. The summed E-state index contributed by atoms with van der Waals surface area (Å²) in [6.07, 6.45) is 3.13. The number of hydrogen-bond donors (Lipinski definition) is 0. The minimum absolute atomic E-state index is 0.0603. The molecular formula is C13H14O2. The van der Waals surface area contributed by atoms with Crippen LogP contribution in [0.3, 0.4) is 0 Å². The molecule has 0 aromatic heterocycles. The first-order chi connectivity index (χ1) is 7.25. The van der Waals surface area contributed by atoms with Crippen molar-refractivity contribution in [1.82, 2.24) is 0 Å². The zero-order chi connectivity index (χ0) is 10.7. The van der Waals surface area contributed by atoms with Gasteiger partial charge < -0.3 is 4.74 Å². The molecule has 0 fully saturated rings. The molecule has 1 aromatic rings. The SMILES string of the molecule is CC1=CC(=O)CCC1Oc1ccccc1. The second-order valence-corrected chi connectivity index (χ2v) is 3.81. The van der Waals surface area contributed by atoms with Crippen LogP contribution in [-0.4, -0.2) is 11.9 Å². The number of benzene rings is 1. The lowest BCUT2D eigenvalue weighted by Crippen LogP contribution is -2.23. The third kappa shape index (κ3) is 2.46. The van der Waals surface area contributed by atoms with Crippen LogP contribution in [0.25, 0.3) is 0 Å². The zero-order valence-corrected chi connectivity index (χ0v) is 8.77. The first-order valence-electron chi connectivity index (χ1n) is 5.18. The molecule has 1 aliphatic carbocycles. The van der Waals surface area contributed by atoms with E-state index >= 15 is 0 Å². The number of carbonyl (C=O) groups is 1. The van der Waals surface area contributed by atoms with Crippen molar-refractivity contribution in [2.24, 2.45) is 0 Å². The highest BCUT2D eigenvalue weighted by molar-refractivity contribution is 5.91. The van der Waals surface area contributed by atoms with Crippen molar-refractivity contribution in [3.05, 3.63) is 42.0 Å². The summed E-state index contributed by atoms with van der Waals surface area (Å²) in [4.78, 5) is 11.1. The van der Waals surface area contributed by atoms with E-state index in [0.717, 1.165) is 17.7 Å². The van der Waals surface area contributed by atoms with Gasteiger partial charge >= 0.3 is 0 Å². The third-order valence-electron chi connectivity index (χ3n) is 2.57. The van der Waals surface area contributed by atoms with Crippen LogP contribution in [-0.2, 0) is 4.79 Å². The molecule has 0 radical (unpaired) electrons. The largest absolute Gasteiger partial charge is 0.486 e. The van der Waals surface area contributed by atoms with Crippen molar-refractivity contribution < 1.29 is 9.53 Å². The van der Waals surface area contributed by atoms with Crippen LogP contribution >= 0.6 is 0 Å². The van der Waals surface area contributed by atoms with E-state index in [9.17, 15) is 4.79 Å². The van der Waals surface area contributed by atoms with Crippen LogP contribution in [0.4, 0.5) is 0 Å². The molecule has 0 saturated heterocycles. The Morgan fingerprint density at radius 1 is 1.27 bits per heavy atom. The lowest BCUT2D eigenvalue weighted by molar-refractivity contribution is -0.115. The topological polar surface area (TPSA) is 26.3 Å². The Balaban J connectivity index is 2.08. The Morgan fingerprint density at radius 3 is 2.67 bits per heavy atom. The maximum Gasteiger partial charge on any atom is 0.155 e. The van der Waals surface area contributed by atoms with Gasteiger partial charge in [0.15, 0.2) is 5.78 Å². The highest BCUT2D eigenvalue weighted by Crippen LogP contribution is 2.22. The van der Waals surface area contributed by atoms with E-state index in [1.54, 1.807) is 6.08 Å². The van der Waals surface area contributed by atoms with Crippen molar-refractivity contribution in [1.29, 1.82) is 0 Å². The molecule has 2 nitrogen and oxygen atoms in total. The molecule has 78 valence electrons. The van der Waals surface area contributed by atoms with Crippen LogP contribution in [0.5, 0.6) is 5.75 Å². The first kappa shape index (κ1) is 9.97. The van der Waals surface area contributed by atoms with Crippen LogP contribution < -0.4 is 4.74 Å². The lowest BCUT2D eigenvalue weighted by atomic mass is 9.97. The second kappa shape index (κ2) is 4.30. The summed E-state index contributed by atoms with van der Waals surface area (Å²) in [5.74, 6) is 1.07. The Labute approximate surface area is 89.6 Å². The van der Waals surface area contributed by atoms with E-state index in [1.807, 2.05) is 37.3 Å². The Hall–Kier alpha value is -1.57. The summed E-state index contributed by atoms with van der Waals surface area (Å²) in [5, 5.41) is 0. The highest BCUT2D eigenvalue weighted by atomic mass is 16.5. The molecule has 1 unspecified atom stereocenters. The molecule has 1 aromatic carbocycles. The smallest absolute Gasteiger partial charge is 0.155 e. The fourth-order valence-corrected chi connectivity index (χ4v) is 1.74. The molecule has 0 bridgehead atoms. The number of hydrogen-bond acceptors (Lipinski definition) is 2. The Kier molecular flexibility index (Phi) is 2.86. The summed E-state index contributed by atoms with van der Waals surface area (Å²) in [6, 6.07) is 9.72. The summed E-state index contributed by atoms with van der Waals surface area (Å²) >= 11 is 0. The monoisotopic (exact) mass is 202 g/mol. The van der Waals surface area contributed by atoms with E-state index in [0.29, 0.717) is 6.42 Å². The summed E-state index contributed by atoms with van der Waals surface area (Å²) in [5.41, 5.74) is 1.02. The summed E-state index contributed by atoms with van der Waals surface area (Å²) < 4.78 is 5.80. The molecule has 0 aliphatic heterocycles. The van der Waals surface area contributed by atoms with E-state index in [2.05, 4.69) is 0 Å². The van der Waals surface area contributed by atoms with Gasteiger partial charge in [0.25, 0.3) is 0 Å². The lowest BCUT2D eigenvalue weighted by Gasteiger charge is -2.22. The van der Waals surface area contributed by atoms with Gasteiger partial charge in [0.1, 0.15) is 11.9 Å². The minimum atomic E-state index is 0.0603. The molecule has 0 amide bonds.